The first-order chi connectivity index (χ1) is 14.3. The van der Waals surface area contributed by atoms with E-state index < -0.39 is 17.9 Å². The number of rotatable bonds is 7. The first-order valence-corrected chi connectivity index (χ1v) is 11.8. The lowest BCUT2D eigenvalue weighted by molar-refractivity contribution is 0.0513. The van der Waals surface area contributed by atoms with Crippen molar-refractivity contribution in [2.75, 3.05) is 13.2 Å². The molecule has 3 aromatic heterocycles. The molecule has 0 unspecified atom stereocenters. The Morgan fingerprint density at radius 3 is 1.77 bits per heavy atom. The largest absolute Gasteiger partial charge is 0.506 e. The highest BCUT2D eigenvalue weighted by molar-refractivity contribution is 7.15. The van der Waals surface area contributed by atoms with Crippen LogP contribution in [0.2, 0.25) is 0 Å². The number of carbonyl (C=O) groups is 2. The van der Waals surface area contributed by atoms with Gasteiger partial charge in [-0.3, -0.25) is 0 Å². The number of carbonyl (C=O) groups excluding carboxylic acids is 2. The molecule has 0 aliphatic rings. The number of thiophene rings is 3. The second kappa shape index (κ2) is 9.20. The summed E-state index contributed by atoms with van der Waals surface area (Å²) in [4.78, 5) is 27.9. The maximum absolute atomic E-state index is 12.4. The predicted octanol–water partition coefficient (Wildman–Crippen LogP) is 5.43. The molecule has 3 rings (SSSR count). The van der Waals surface area contributed by atoms with E-state index in [-0.39, 0.29) is 35.8 Å². The summed E-state index contributed by atoms with van der Waals surface area (Å²) in [5.41, 5.74) is 0.272. The molecule has 0 bridgehead atoms. The topological polar surface area (TPSA) is 93.1 Å². The maximum Gasteiger partial charge on any atom is 0.343 e. The molecule has 0 aliphatic heterocycles. The minimum atomic E-state index is -0.585. The summed E-state index contributed by atoms with van der Waals surface area (Å²) in [6.07, 6.45) is 0. The Morgan fingerprint density at radius 2 is 1.40 bits per heavy atom. The third-order valence-corrected chi connectivity index (χ3v) is 7.74. The van der Waals surface area contributed by atoms with Crippen LogP contribution in [-0.4, -0.2) is 35.4 Å². The van der Waals surface area contributed by atoms with E-state index >= 15 is 0 Å². The molecule has 160 valence electrons. The van der Waals surface area contributed by atoms with Crippen LogP contribution in [0.5, 0.6) is 11.5 Å². The smallest absolute Gasteiger partial charge is 0.343 e. The Hall–Kier alpha value is -2.36. The second-order valence-corrected chi connectivity index (χ2v) is 9.87. The van der Waals surface area contributed by atoms with Gasteiger partial charge in [-0.25, -0.2) is 9.59 Å². The van der Waals surface area contributed by atoms with Crippen molar-refractivity contribution < 1.29 is 29.3 Å². The fourth-order valence-electron chi connectivity index (χ4n) is 3.22. The van der Waals surface area contributed by atoms with Crippen molar-refractivity contribution in [3.05, 3.63) is 53.0 Å². The van der Waals surface area contributed by atoms with E-state index in [4.69, 9.17) is 9.47 Å². The van der Waals surface area contributed by atoms with Crippen molar-refractivity contribution in [2.24, 2.45) is 0 Å². The number of esters is 2. The molecule has 0 atom stereocenters. The van der Waals surface area contributed by atoms with Gasteiger partial charge >= 0.3 is 11.9 Å². The zero-order valence-corrected chi connectivity index (χ0v) is 19.4. The van der Waals surface area contributed by atoms with Crippen molar-refractivity contribution in [1.82, 2.24) is 0 Å². The normalized spacial score (nSPS) is 11.1. The van der Waals surface area contributed by atoms with Gasteiger partial charge in [0.15, 0.2) is 0 Å². The Kier molecular flexibility index (Phi) is 6.84. The molecular formula is C21H22O6S3. The molecule has 9 heteroatoms. The minimum Gasteiger partial charge on any atom is -0.506 e. The molecule has 0 aliphatic carbocycles. The van der Waals surface area contributed by atoms with Crippen LogP contribution in [0.15, 0.2) is 17.5 Å². The summed E-state index contributed by atoms with van der Waals surface area (Å²) < 4.78 is 10.2. The zero-order chi connectivity index (χ0) is 22.0. The molecule has 30 heavy (non-hydrogen) atoms. The highest BCUT2D eigenvalue weighted by Gasteiger charge is 2.34. The summed E-state index contributed by atoms with van der Waals surface area (Å²) in [7, 11) is 0. The Labute approximate surface area is 186 Å². The van der Waals surface area contributed by atoms with Gasteiger partial charge in [-0.05, 0) is 39.1 Å². The Balaban J connectivity index is 2.19. The zero-order valence-electron chi connectivity index (χ0n) is 17.0. The first kappa shape index (κ1) is 22.3. The predicted molar refractivity (Wildman–Crippen MR) is 119 cm³/mol. The van der Waals surface area contributed by atoms with E-state index in [0.29, 0.717) is 19.5 Å². The van der Waals surface area contributed by atoms with Crippen LogP contribution in [-0.2, 0) is 9.47 Å². The molecule has 2 N–H and O–H groups in total. The highest BCUT2D eigenvalue weighted by Crippen LogP contribution is 2.51. The molecule has 3 heterocycles. The van der Waals surface area contributed by atoms with Gasteiger partial charge in [0.2, 0.25) is 0 Å². The lowest BCUT2D eigenvalue weighted by atomic mass is 9.99. The lowest BCUT2D eigenvalue weighted by Gasteiger charge is -2.14. The van der Waals surface area contributed by atoms with Gasteiger partial charge in [0.05, 0.1) is 28.9 Å². The third-order valence-electron chi connectivity index (χ3n) is 4.48. The second-order valence-electron chi connectivity index (χ2n) is 6.38. The molecule has 0 saturated carbocycles. The average Bonchev–Trinajstić information content (AvgIpc) is 3.37. The molecule has 0 fully saturated rings. The first-order valence-electron chi connectivity index (χ1n) is 9.33. The average molecular weight is 467 g/mol. The van der Waals surface area contributed by atoms with Crippen LogP contribution in [0.25, 0.3) is 0 Å². The summed E-state index contributed by atoms with van der Waals surface area (Å²) in [5.74, 6) is -2.00. The van der Waals surface area contributed by atoms with Crippen LogP contribution < -0.4 is 0 Å². The van der Waals surface area contributed by atoms with Crippen molar-refractivity contribution in [1.29, 1.82) is 0 Å². The Morgan fingerprint density at radius 1 is 0.933 bits per heavy atom. The highest BCUT2D eigenvalue weighted by atomic mass is 32.1. The fourth-order valence-corrected chi connectivity index (χ4v) is 6.63. The molecule has 0 spiro atoms. The van der Waals surface area contributed by atoms with Gasteiger partial charge in [-0.1, -0.05) is 6.07 Å². The van der Waals surface area contributed by atoms with Crippen molar-refractivity contribution in [3.63, 3.8) is 0 Å². The molecular weight excluding hydrogens is 444 g/mol. The maximum atomic E-state index is 12.4. The summed E-state index contributed by atoms with van der Waals surface area (Å²) >= 11 is 4.01. The van der Waals surface area contributed by atoms with E-state index in [0.717, 1.165) is 4.88 Å². The Bertz CT molecular complexity index is 993. The number of aryl methyl sites for hydroxylation is 2. The number of hydrogen-bond donors (Lipinski definition) is 2. The van der Waals surface area contributed by atoms with Crippen LogP contribution in [0.4, 0.5) is 0 Å². The standard InChI is InChI=1S/C21H22O6S3/c1-5-26-20(24)13-10(3)29-18(16(13)22)15(12-8-7-9-28-12)19-17(23)14(11(4)30-19)21(25)27-6-2/h7-9,15,22-23H,5-6H2,1-4H3. The number of hydrogen-bond acceptors (Lipinski definition) is 9. The van der Waals surface area contributed by atoms with E-state index in [1.54, 1.807) is 27.7 Å². The molecule has 0 radical (unpaired) electrons. The van der Waals surface area contributed by atoms with E-state index in [9.17, 15) is 19.8 Å². The van der Waals surface area contributed by atoms with Gasteiger partial charge in [-0.15, -0.1) is 34.0 Å². The van der Waals surface area contributed by atoms with Gasteiger partial charge in [0.1, 0.15) is 22.6 Å². The van der Waals surface area contributed by atoms with Crippen LogP contribution in [0, 0.1) is 13.8 Å². The molecule has 3 aromatic rings. The summed E-state index contributed by atoms with van der Waals surface area (Å²) in [5, 5.41) is 23.8. The number of ether oxygens (including phenoxy) is 2. The van der Waals surface area contributed by atoms with Crippen LogP contribution >= 0.6 is 34.0 Å². The van der Waals surface area contributed by atoms with Crippen LogP contribution in [0.1, 0.15) is 64.9 Å². The van der Waals surface area contributed by atoms with Gasteiger partial charge < -0.3 is 19.7 Å². The van der Waals surface area contributed by atoms with Crippen LogP contribution in [0.3, 0.4) is 0 Å². The summed E-state index contributed by atoms with van der Waals surface area (Å²) in [6, 6.07) is 3.77. The summed E-state index contributed by atoms with van der Waals surface area (Å²) in [6.45, 7) is 7.30. The van der Waals surface area contributed by atoms with Gasteiger partial charge in [0.25, 0.3) is 0 Å². The van der Waals surface area contributed by atoms with Gasteiger partial charge in [0, 0.05) is 14.6 Å². The minimum absolute atomic E-state index is 0.136. The van der Waals surface area contributed by atoms with Gasteiger partial charge in [-0.2, -0.15) is 0 Å². The molecule has 0 saturated heterocycles. The third kappa shape index (κ3) is 3.97. The SMILES string of the molecule is CCOC(=O)c1c(C)sc(C(c2cccs2)c2sc(C)c(C(=O)OCC)c2O)c1O. The number of aromatic hydroxyl groups is 2. The van der Waals surface area contributed by atoms with Crippen molar-refractivity contribution >= 4 is 45.9 Å². The molecule has 0 aromatic carbocycles. The van der Waals surface area contributed by atoms with Crippen molar-refractivity contribution in [2.45, 2.75) is 33.6 Å². The van der Waals surface area contributed by atoms with Crippen molar-refractivity contribution in [3.8, 4) is 11.5 Å². The quantitative estimate of drug-likeness (QED) is 0.451. The van der Waals surface area contributed by atoms with E-state index in [2.05, 4.69) is 0 Å². The van der Waals surface area contributed by atoms with E-state index in [1.165, 1.54) is 34.0 Å². The molecule has 6 nitrogen and oxygen atoms in total. The fraction of sp³-hybridized carbons (Fsp3) is 0.333. The lowest BCUT2D eigenvalue weighted by Crippen LogP contribution is -2.06. The monoisotopic (exact) mass is 466 g/mol. The van der Waals surface area contributed by atoms with E-state index in [1.807, 2.05) is 17.5 Å². The molecule has 0 amide bonds.